The number of nitrogens with one attached hydrogen (secondary N) is 1. The largest absolute Gasteiger partial charge is 0.341 e. The molecule has 2 aromatic carbocycles. The fourth-order valence-electron chi connectivity index (χ4n) is 4.01. The third kappa shape index (κ3) is 5.28. The predicted molar refractivity (Wildman–Crippen MR) is 118 cm³/mol. The number of rotatable bonds is 8. The number of carbonyl (C=O) groups is 1. The molecule has 1 saturated heterocycles. The van der Waals surface area contributed by atoms with Crippen LogP contribution in [0.5, 0.6) is 0 Å². The molecular weight excluding hydrogens is 398 g/mol. The van der Waals surface area contributed by atoms with Gasteiger partial charge in [-0.25, -0.2) is 13.1 Å². The molecule has 2 aromatic rings. The van der Waals surface area contributed by atoms with E-state index in [1.165, 1.54) is 0 Å². The van der Waals surface area contributed by atoms with E-state index in [0.717, 1.165) is 18.7 Å². The lowest BCUT2D eigenvalue weighted by molar-refractivity contribution is -0.138. The lowest BCUT2D eigenvalue weighted by Crippen LogP contribution is -2.50. The van der Waals surface area contributed by atoms with Gasteiger partial charge in [0.15, 0.2) is 0 Å². The van der Waals surface area contributed by atoms with Crippen LogP contribution in [0.3, 0.4) is 0 Å². The van der Waals surface area contributed by atoms with Gasteiger partial charge in [-0.05, 0) is 43.6 Å². The second-order valence-corrected chi connectivity index (χ2v) is 9.28. The van der Waals surface area contributed by atoms with Crippen LogP contribution < -0.4 is 4.72 Å². The SMILES string of the molecule is CCN(CC)C(C(=O)N1CCC(NS(=O)(=O)c2ccccc2)CC1)c1ccccc1. The first-order valence-corrected chi connectivity index (χ1v) is 12.1. The van der Waals surface area contributed by atoms with E-state index in [1.807, 2.05) is 35.2 Å². The van der Waals surface area contributed by atoms with Crippen molar-refractivity contribution in [3.63, 3.8) is 0 Å². The summed E-state index contributed by atoms with van der Waals surface area (Å²) in [6.07, 6.45) is 1.22. The molecule has 0 aromatic heterocycles. The molecule has 0 spiro atoms. The van der Waals surface area contributed by atoms with Crippen LogP contribution in [-0.4, -0.2) is 56.3 Å². The molecule has 162 valence electrons. The maximum atomic E-state index is 13.4. The Morgan fingerprint density at radius 3 is 2.07 bits per heavy atom. The van der Waals surface area contributed by atoms with Crippen LogP contribution in [0.4, 0.5) is 0 Å². The Morgan fingerprint density at radius 1 is 1.00 bits per heavy atom. The molecule has 3 rings (SSSR count). The monoisotopic (exact) mass is 429 g/mol. The lowest BCUT2D eigenvalue weighted by atomic mass is 10.0. The van der Waals surface area contributed by atoms with E-state index in [0.29, 0.717) is 25.9 Å². The number of hydrogen-bond donors (Lipinski definition) is 1. The molecule has 1 aliphatic heterocycles. The lowest BCUT2D eigenvalue weighted by Gasteiger charge is -2.37. The highest BCUT2D eigenvalue weighted by atomic mass is 32.2. The van der Waals surface area contributed by atoms with Gasteiger partial charge < -0.3 is 4.90 Å². The zero-order valence-electron chi connectivity index (χ0n) is 17.7. The molecule has 1 aliphatic rings. The van der Waals surface area contributed by atoms with Crippen molar-refractivity contribution < 1.29 is 13.2 Å². The van der Waals surface area contributed by atoms with Crippen LogP contribution in [0.1, 0.15) is 38.3 Å². The Balaban J connectivity index is 1.66. The van der Waals surface area contributed by atoms with Gasteiger partial charge in [0.2, 0.25) is 15.9 Å². The van der Waals surface area contributed by atoms with Crippen LogP contribution in [0.15, 0.2) is 65.6 Å². The highest BCUT2D eigenvalue weighted by molar-refractivity contribution is 7.89. The fourth-order valence-corrected chi connectivity index (χ4v) is 5.34. The molecule has 1 atom stereocenters. The summed E-state index contributed by atoms with van der Waals surface area (Å²) in [5, 5.41) is 0. The van der Waals surface area contributed by atoms with Crippen LogP contribution in [0.2, 0.25) is 0 Å². The second kappa shape index (κ2) is 10.2. The summed E-state index contributed by atoms with van der Waals surface area (Å²) in [6.45, 7) is 6.80. The van der Waals surface area contributed by atoms with Crippen LogP contribution in [0, 0.1) is 0 Å². The molecule has 1 fully saturated rings. The molecule has 1 amide bonds. The van der Waals surface area contributed by atoms with E-state index in [-0.39, 0.29) is 22.9 Å². The Morgan fingerprint density at radius 2 is 1.53 bits per heavy atom. The number of sulfonamides is 1. The van der Waals surface area contributed by atoms with Gasteiger partial charge >= 0.3 is 0 Å². The van der Waals surface area contributed by atoms with Crippen molar-refractivity contribution in [2.75, 3.05) is 26.2 Å². The van der Waals surface area contributed by atoms with Gasteiger partial charge in [0, 0.05) is 19.1 Å². The fraction of sp³-hybridized carbons (Fsp3) is 0.435. The average molecular weight is 430 g/mol. The predicted octanol–water partition coefficient (Wildman–Crippen LogP) is 3.04. The smallest absolute Gasteiger partial charge is 0.244 e. The van der Waals surface area contributed by atoms with Crippen LogP contribution >= 0.6 is 0 Å². The van der Waals surface area contributed by atoms with Crippen LogP contribution in [-0.2, 0) is 14.8 Å². The molecule has 0 radical (unpaired) electrons. The molecule has 0 saturated carbocycles. The third-order valence-electron chi connectivity index (χ3n) is 5.71. The van der Waals surface area contributed by atoms with Gasteiger partial charge in [-0.15, -0.1) is 0 Å². The summed E-state index contributed by atoms with van der Waals surface area (Å²) in [7, 11) is -3.54. The summed E-state index contributed by atoms with van der Waals surface area (Å²) in [4.78, 5) is 17.7. The van der Waals surface area contributed by atoms with Gasteiger partial charge in [-0.1, -0.05) is 62.4 Å². The number of carbonyl (C=O) groups excluding carboxylic acids is 1. The van der Waals surface area contributed by atoms with Crippen molar-refractivity contribution >= 4 is 15.9 Å². The Hall–Kier alpha value is -2.22. The summed E-state index contributed by atoms with van der Waals surface area (Å²) in [6, 6.07) is 17.8. The van der Waals surface area contributed by atoms with E-state index in [1.54, 1.807) is 30.3 Å². The Bertz CT molecular complexity index is 907. The number of nitrogens with zero attached hydrogens (tertiary/aromatic N) is 2. The molecule has 0 bridgehead atoms. The molecule has 1 N–H and O–H groups in total. The second-order valence-electron chi connectivity index (χ2n) is 7.57. The maximum Gasteiger partial charge on any atom is 0.244 e. The number of piperidine rings is 1. The maximum absolute atomic E-state index is 13.4. The minimum Gasteiger partial charge on any atom is -0.341 e. The summed E-state index contributed by atoms with van der Waals surface area (Å²) < 4.78 is 28.0. The average Bonchev–Trinajstić information content (AvgIpc) is 2.78. The van der Waals surface area contributed by atoms with E-state index < -0.39 is 10.0 Å². The number of amides is 1. The van der Waals surface area contributed by atoms with Crippen LogP contribution in [0.25, 0.3) is 0 Å². The molecular formula is C23H31N3O3S. The molecule has 7 heteroatoms. The van der Waals surface area contributed by atoms with Crippen molar-refractivity contribution in [3.8, 4) is 0 Å². The van der Waals surface area contributed by atoms with Gasteiger partial charge in [-0.3, -0.25) is 9.69 Å². The highest BCUT2D eigenvalue weighted by Crippen LogP contribution is 2.25. The van der Waals surface area contributed by atoms with E-state index in [4.69, 9.17) is 0 Å². The zero-order chi connectivity index (χ0) is 21.6. The first-order valence-electron chi connectivity index (χ1n) is 10.6. The Labute approximate surface area is 179 Å². The number of likely N-dealkylation sites (tertiary alicyclic amines) is 1. The van der Waals surface area contributed by atoms with E-state index >= 15 is 0 Å². The molecule has 1 heterocycles. The van der Waals surface area contributed by atoms with Gasteiger partial charge in [-0.2, -0.15) is 0 Å². The third-order valence-corrected chi connectivity index (χ3v) is 7.25. The minimum absolute atomic E-state index is 0.0919. The van der Waals surface area contributed by atoms with Crippen molar-refractivity contribution in [2.45, 2.75) is 43.7 Å². The summed E-state index contributed by atoms with van der Waals surface area (Å²) in [5.74, 6) is 0.0919. The summed E-state index contributed by atoms with van der Waals surface area (Å²) >= 11 is 0. The number of likely N-dealkylation sites (N-methyl/N-ethyl adjacent to an activating group) is 1. The topological polar surface area (TPSA) is 69.7 Å². The number of hydrogen-bond acceptors (Lipinski definition) is 4. The Kier molecular flexibility index (Phi) is 7.64. The van der Waals surface area contributed by atoms with Crippen molar-refractivity contribution in [2.24, 2.45) is 0 Å². The van der Waals surface area contributed by atoms with Gasteiger partial charge in [0.1, 0.15) is 6.04 Å². The molecule has 30 heavy (non-hydrogen) atoms. The van der Waals surface area contributed by atoms with E-state index in [2.05, 4.69) is 23.5 Å². The van der Waals surface area contributed by atoms with Crippen molar-refractivity contribution in [1.82, 2.24) is 14.5 Å². The van der Waals surface area contributed by atoms with Crippen molar-refractivity contribution in [1.29, 1.82) is 0 Å². The first-order chi connectivity index (χ1) is 14.5. The van der Waals surface area contributed by atoms with E-state index in [9.17, 15) is 13.2 Å². The minimum atomic E-state index is -3.54. The number of benzene rings is 2. The van der Waals surface area contributed by atoms with Crippen molar-refractivity contribution in [3.05, 3.63) is 66.2 Å². The highest BCUT2D eigenvalue weighted by Gasteiger charge is 2.33. The zero-order valence-corrected chi connectivity index (χ0v) is 18.5. The normalized spacial score (nSPS) is 16.6. The first kappa shape index (κ1) is 22.5. The van der Waals surface area contributed by atoms with Gasteiger partial charge in [0.25, 0.3) is 0 Å². The summed E-state index contributed by atoms with van der Waals surface area (Å²) in [5.41, 5.74) is 0.998. The quantitative estimate of drug-likeness (QED) is 0.700. The standard InChI is InChI=1S/C23H31N3O3S/c1-3-25(4-2)22(19-11-7-5-8-12-19)23(27)26-17-15-20(16-18-26)24-30(28,29)21-13-9-6-10-14-21/h5-14,20,22,24H,3-4,15-18H2,1-2H3. The van der Waals surface area contributed by atoms with Gasteiger partial charge in [0.05, 0.1) is 4.90 Å². The molecule has 0 aliphatic carbocycles. The molecule has 6 nitrogen and oxygen atoms in total. The molecule has 1 unspecified atom stereocenters.